The zero-order chi connectivity index (χ0) is 20.9. The first-order chi connectivity index (χ1) is 14.2. The Morgan fingerprint density at radius 1 is 1.00 bits per heavy atom. The Morgan fingerprint density at radius 2 is 1.77 bits per heavy atom. The van der Waals surface area contributed by atoms with Crippen molar-refractivity contribution in [2.24, 2.45) is 4.99 Å². The Balaban J connectivity index is 0.00000450. The molecule has 0 amide bonds. The molecular weight excluding hydrogens is 493 g/mol. The molecule has 0 aliphatic carbocycles. The average Bonchev–Trinajstić information content (AvgIpc) is 2.73. The number of aryl methyl sites for hydroxylation is 1. The first-order valence-corrected chi connectivity index (χ1v) is 10.0. The van der Waals surface area contributed by atoms with Crippen LogP contribution in [0, 0.1) is 6.92 Å². The molecule has 2 rings (SSSR count). The molecule has 0 aliphatic rings. The first kappa shape index (κ1) is 26.0. The molecule has 166 valence electrons. The summed E-state index contributed by atoms with van der Waals surface area (Å²) in [6.07, 6.45) is 0.864. The van der Waals surface area contributed by atoms with Gasteiger partial charge in [0.15, 0.2) is 5.96 Å². The van der Waals surface area contributed by atoms with Gasteiger partial charge in [-0.25, -0.2) is 4.99 Å². The van der Waals surface area contributed by atoms with Crippen molar-refractivity contribution in [2.75, 3.05) is 40.5 Å². The molecule has 6 nitrogen and oxygen atoms in total. The first-order valence-electron chi connectivity index (χ1n) is 10.0. The van der Waals surface area contributed by atoms with E-state index in [1.54, 1.807) is 14.2 Å². The standard InChI is InChI=1S/C23H33N3O3.HI/c1-5-24-23(25-13-12-20-16-18(2)6-11-22(20)28-4)26-17-19-7-9-21(10-8-19)29-15-14-27-3;/h6-11,16H,5,12-15,17H2,1-4H3,(H2,24,25,26);1H. The maximum absolute atomic E-state index is 5.59. The molecule has 0 saturated heterocycles. The maximum atomic E-state index is 5.59. The number of aliphatic imine (C=N–C) groups is 1. The van der Waals surface area contributed by atoms with Gasteiger partial charge >= 0.3 is 0 Å². The van der Waals surface area contributed by atoms with Crippen LogP contribution in [0.15, 0.2) is 47.5 Å². The molecule has 0 spiro atoms. The molecule has 0 bridgehead atoms. The van der Waals surface area contributed by atoms with Crippen LogP contribution >= 0.6 is 24.0 Å². The number of benzene rings is 2. The second-order valence-corrected chi connectivity index (χ2v) is 6.67. The second kappa shape index (κ2) is 14.9. The fourth-order valence-corrected chi connectivity index (χ4v) is 2.86. The van der Waals surface area contributed by atoms with Crippen LogP contribution in [0.2, 0.25) is 0 Å². The van der Waals surface area contributed by atoms with Crippen molar-refractivity contribution >= 4 is 29.9 Å². The van der Waals surface area contributed by atoms with Crippen LogP contribution in [0.4, 0.5) is 0 Å². The Hall–Kier alpha value is -2.00. The van der Waals surface area contributed by atoms with Gasteiger partial charge < -0.3 is 24.8 Å². The fourth-order valence-electron chi connectivity index (χ4n) is 2.86. The van der Waals surface area contributed by atoms with Crippen molar-refractivity contribution < 1.29 is 14.2 Å². The summed E-state index contributed by atoms with van der Waals surface area (Å²) in [4.78, 5) is 4.68. The molecule has 2 aromatic rings. The Morgan fingerprint density at radius 3 is 2.43 bits per heavy atom. The minimum atomic E-state index is 0. The van der Waals surface area contributed by atoms with E-state index in [1.165, 1.54) is 11.1 Å². The fraction of sp³-hybridized carbons (Fsp3) is 0.435. The summed E-state index contributed by atoms with van der Waals surface area (Å²) in [5.41, 5.74) is 3.55. The Labute approximate surface area is 197 Å². The van der Waals surface area contributed by atoms with E-state index in [0.29, 0.717) is 19.8 Å². The number of halogens is 1. The number of guanidine groups is 1. The zero-order valence-electron chi connectivity index (χ0n) is 18.4. The predicted octanol–water partition coefficient (Wildman–Crippen LogP) is 3.94. The van der Waals surface area contributed by atoms with E-state index in [1.807, 2.05) is 30.3 Å². The SMILES string of the molecule is CCNC(=NCc1ccc(OCCOC)cc1)NCCc1cc(C)ccc1OC.I. The monoisotopic (exact) mass is 527 g/mol. The third kappa shape index (κ3) is 9.21. The minimum absolute atomic E-state index is 0. The molecule has 0 aromatic heterocycles. The van der Waals surface area contributed by atoms with Gasteiger partial charge in [-0.1, -0.05) is 29.8 Å². The summed E-state index contributed by atoms with van der Waals surface area (Å²) in [6.45, 7) is 7.47. The topological polar surface area (TPSA) is 64.1 Å². The highest BCUT2D eigenvalue weighted by molar-refractivity contribution is 14.0. The van der Waals surface area contributed by atoms with E-state index < -0.39 is 0 Å². The van der Waals surface area contributed by atoms with Crippen LogP contribution < -0.4 is 20.1 Å². The summed E-state index contributed by atoms with van der Waals surface area (Å²) in [7, 11) is 3.37. The lowest BCUT2D eigenvalue weighted by molar-refractivity contribution is 0.146. The summed E-state index contributed by atoms with van der Waals surface area (Å²) >= 11 is 0. The van der Waals surface area contributed by atoms with Crippen molar-refractivity contribution in [1.82, 2.24) is 10.6 Å². The number of methoxy groups -OCH3 is 2. The van der Waals surface area contributed by atoms with Crippen molar-refractivity contribution in [3.8, 4) is 11.5 Å². The predicted molar refractivity (Wildman–Crippen MR) is 133 cm³/mol. The highest BCUT2D eigenvalue weighted by atomic mass is 127. The van der Waals surface area contributed by atoms with E-state index in [0.717, 1.165) is 42.5 Å². The molecule has 0 atom stereocenters. The van der Waals surface area contributed by atoms with Gasteiger partial charge in [-0.2, -0.15) is 0 Å². The van der Waals surface area contributed by atoms with Crippen molar-refractivity contribution in [2.45, 2.75) is 26.8 Å². The highest BCUT2D eigenvalue weighted by Gasteiger charge is 2.04. The van der Waals surface area contributed by atoms with Crippen molar-refractivity contribution in [1.29, 1.82) is 0 Å². The van der Waals surface area contributed by atoms with E-state index >= 15 is 0 Å². The van der Waals surface area contributed by atoms with Crippen LogP contribution in [0.25, 0.3) is 0 Å². The summed E-state index contributed by atoms with van der Waals surface area (Å²) in [5, 5.41) is 6.69. The third-order valence-corrected chi connectivity index (χ3v) is 4.37. The number of nitrogens with one attached hydrogen (secondary N) is 2. The smallest absolute Gasteiger partial charge is 0.191 e. The van der Waals surface area contributed by atoms with Gasteiger partial charge in [-0.3, -0.25) is 0 Å². The maximum Gasteiger partial charge on any atom is 0.191 e. The lowest BCUT2D eigenvalue weighted by atomic mass is 10.1. The molecule has 30 heavy (non-hydrogen) atoms. The van der Waals surface area contributed by atoms with Crippen LogP contribution in [0.1, 0.15) is 23.6 Å². The molecule has 0 unspecified atom stereocenters. The van der Waals surface area contributed by atoms with E-state index in [-0.39, 0.29) is 24.0 Å². The molecule has 2 N–H and O–H groups in total. The van der Waals surface area contributed by atoms with E-state index in [4.69, 9.17) is 14.2 Å². The second-order valence-electron chi connectivity index (χ2n) is 6.67. The third-order valence-electron chi connectivity index (χ3n) is 4.37. The van der Waals surface area contributed by atoms with Crippen molar-refractivity contribution in [3.05, 3.63) is 59.2 Å². The van der Waals surface area contributed by atoms with Crippen LogP contribution in [-0.4, -0.2) is 46.5 Å². The number of nitrogens with zero attached hydrogens (tertiary/aromatic N) is 1. The van der Waals surface area contributed by atoms with Gasteiger partial charge in [-0.05, 0) is 49.6 Å². The quantitative estimate of drug-likeness (QED) is 0.201. The van der Waals surface area contributed by atoms with Gasteiger partial charge in [0.05, 0.1) is 20.3 Å². The number of ether oxygens (including phenoxy) is 3. The lowest BCUT2D eigenvalue weighted by Crippen LogP contribution is -2.38. The zero-order valence-corrected chi connectivity index (χ0v) is 20.7. The number of rotatable bonds is 11. The van der Waals surface area contributed by atoms with E-state index in [9.17, 15) is 0 Å². The molecule has 2 aromatic carbocycles. The van der Waals surface area contributed by atoms with Gasteiger partial charge in [0.2, 0.25) is 0 Å². The average molecular weight is 527 g/mol. The van der Waals surface area contributed by atoms with Gasteiger partial charge in [0.25, 0.3) is 0 Å². The molecule has 0 radical (unpaired) electrons. The summed E-state index contributed by atoms with van der Waals surface area (Å²) in [5.74, 6) is 2.57. The van der Waals surface area contributed by atoms with Crippen LogP contribution in [0.5, 0.6) is 11.5 Å². The number of hydrogen-bond donors (Lipinski definition) is 2. The molecule has 0 fully saturated rings. The highest BCUT2D eigenvalue weighted by Crippen LogP contribution is 2.19. The molecule has 0 aliphatic heterocycles. The summed E-state index contributed by atoms with van der Waals surface area (Å²) in [6, 6.07) is 14.2. The normalized spacial score (nSPS) is 10.9. The van der Waals surface area contributed by atoms with Crippen molar-refractivity contribution in [3.63, 3.8) is 0 Å². The molecule has 0 heterocycles. The van der Waals surface area contributed by atoms with Crippen LogP contribution in [-0.2, 0) is 17.7 Å². The van der Waals surface area contributed by atoms with E-state index in [2.05, 4.69) is 41.6 Å². The molecular formula is C23H34IN3O3. The molecule has 7 heteroatoms. The number of hydrogen-bond acceptors (Lipinski definition) is 4. The summed E-state index contributed by atoms with van der Waals surface area (Å²) < 4.78 is 16.0. The Kier molecular flexibility index (Phi) is 12.9. The molecule has 0 saturated carbocycles. The van der Waals surface area contributed by atoms with Gasteiger partial charge in [0, 0.05) is 20.2 Å². The minimum Gasteiger partial charge on any atom is -0.496 e. The Bertz CT molecular complexity index is 767. The lowest BCUT2D eigenvalue weighted by Gasteiger charge is -2.13. The largest absolute Gasteiger partial charge is 0.496 e. The van der Waals surface area contributed by atoms with Crippen LogP contribution in [0.3, 0.4) is 0 Å². The van der Waals surface area contributed by atoms with Gasteiger partial charge in [-0.15, -0.1) is 24.0 Å². The van der Waals surface area contributed by atoms with Gasteiger partial charge in [0.1, 0.15) is 18.1 Å².